The van der Waals surface area contributed by atoms with Crippen LogP contribution in [0.2, 0.25) is 0 Å². The molecule has 15 heavy (non-hydrogen) atoms. The number of rotatable bonds is 3. The van der Waals surface area contributed by atoms with E-state index >= 15 is 0 Å². The summed E-state index contributed by atoms with van der Waals surface area (Å²) in [6.07, 6.45) is 8.56. The van der Waals surface area contributed by atoms with Gasteiger partial charge in [-0.15, -0.1) is 11.3 Å². The Morgan fingerprint density at radius 3 is 2.60 bits per heavy atom. The van der Waals surface area contributed by atoms with Crippen LogP contribution in [0, 0.1) is 5.92 Å². The molecule has 1 atom stereocenters. The molecule has 1 fully saturated rings. The van der Waals surface area contributed by atoms with E-state index < -0.39 is 0 Å². The maximum atomic E-state index is 10.2. The molecule has 0 radical (unpaired) electrons. The Bertz CT molecular complexity index is 260. The summed E-state index contributed by atoms with van der Waals surface area (Å²) in [5, 5.41) is 12.3. The summed E-state index contributed by atoms with van der Waals surface area (Å²) >= 11 is 1.76. The molecule has 0 spiro atoms. The molecular formula is C13H20OS. The first-order valence-corrected chi connectivity index (χ1v) is 6.94. The Morgan fingerprint density at radius 1 is 1.27 bits per heavy atom. The van der Waals surface area contributed by atoms with Crippen LogP contribution >= 0.6 is 11.3 Å². The van der Waals surface area contributed by atoms with E-state index in [1.807, 2.05) is 0 Å². The molecule has 0 amide bonds. The van der Waals surface area contributed by atoms with Crippen molar-refractivity contribution in [1.29, 1.82) is 0 Å². The molecule has 2 heteroatoms. The number of hydrogen-bond acceptors (Lipinski definition) is 2. The number of hydrogen-bond donors (Lipinski definition) is 1. The quantitative estimate of drug-likeness (QED) is 0.777. The minimum Gasteiger partial charge on any atom is -0.392 e. The van der Waals surface area contributed by atoms with E-state index in [-0.39, 0.29) is 6.10 Å². The van der Waals surface area contributed by atoms with Crippen molar-refractivity contribution in [2.45, 2.75) is 51.0 Å². The largest absolute Gasteiger partial charge is 0.392 e. The standard InChI is InChI=1S/C13H20OS/c14-13(10-12-8-5-9-15-12)11-6-3-1-2-4-7-11/h5,8-9,11,13-14H,1-4,6-7,10H2. The van der Waals surface area contributed by atoms with Gasteiger partial charge in [0.05, 0.1) is 6.10 Å². The van der Waals surface area contributed by atoms with Crippen LogP contribution in [0.5, 0.6) is 0 Å². The molecule has 0 aromatic carbocycles. The molecule has 1 heterocycles. The third-order valence-electron chi connectivity index (χ3n) is 3.43. The van der Waals surface area contributed by atoms with E-state index in [0.29, 0.717) is 5.92 Å². The van der Waals surface area contributed by atoms with Crippen molar-refractivity contribution in [3.63, 3.8) is 0 Å². The third kappa shape index (κ3) is 3.32. The Hall–Kier alpha value is -0.340. The molecule has 1 aliphatic rings. The van der Waals surface area contributed by atoms with Gasteiger partial charge in [0, 0.05) is 11.3 Å². The lowest BCUT2D eigenvalue weighted by atomic mass is 9.92. The van der Waals surface area contributed by atoms with Crippen LogP contribution in [-0.4, -0.2) is 11.2 Å². The van der Waals surface area contributed by atoms with Crippen molar-refractivity contribution in [2.75, 3.05) is 0 Å². The SMILES string of the molecule is OC(Cc1cccs1)C1CCCCCC1. The smallest absolute Gasteiger partial charge is 0.0616 e. The van der Waals surface area contributed by atoms with Crippen molar-refractivity contribution in [3.05, 3.63) is 22.4 Å². The van der Waals surface area contributed by atoms with Crippen LogP contribution in [0.25, 0.3) is 0 Å². The van der Waals surface area contributed by atoms with Crippen molar-refractivity contribution >= 4 is 11.3 Å². The van der Waals surface area contributed by atoms with E-state index in [4.69, 9.17) is 0 Å². The lowest BCUT2D eigenvalue weighted by Crippen LogP contribution is -2.22. The summed E-state index contributed by atoms with van der Waals surface area (Å²) in [7, 11) is 0. The number of aliphatic hydroxyl groups excluding tert-OH is 1. The fourth-order valence-electron chi connectivity index (χ4n) is 2.50. The van der Waals surface area contributed by atoms with Crippen LogP contribution in [0.3, 0.4) is 0 Å². The van der Waals surface area contributed by atoms with Gasteiger partial charge >= 0.3 is 0 Å². The Balaban J connectivity index is 1.86. The monoisotopic (exact) mass is 224 g/mol. The molecule has 1 saturated carbocycles. The zero-order valence-electron chi connectivity index (χ0n) is 9.19. The van der Waals surface area contributed by atoms with Crippen LogP contribution in [0.15, 0.2) is 17.5 Å². The van der Waals surface area contributed by atoms with E-state index in [0.717, 1.165) is 6.42 Å². The van der Waals surface area contributed by atoms with Gasteiger partial charge in [-0.25, -0.2) is 0 Å². The van der Waals surface area contributed by atoms with Gasteiger partial charge in [-0.1, -0.05) is 31.7 Å². The molecule has 1 aromatic rings. The third-order valence-corrected chi connectivity index (χ3v) is 4.33. The highest BCUT2D eigenvalue weighted by Gasteiger charge is 2.20. The number of aliphatic hydroxyl groups is 1. The van der Waals surface area contributed by atoms with Gasteiger partial charge in [-0.2, -0.15) is 0 Å². The molecule has 0 saturated heterocycles. The minimum absolute atomic E-state index is 0.109. The lowest BCUT2D eigenvalue weighted by molar-refractivity contribution is 0.0993. The second-order valence-corrected chi connectivity index (χ2v) is 5.63. The highest BCUT2D eigenvalue weighted by molar-refractivity contribution is 7.09. The second kappa shape index (κ2) is 5.66. The Kier molecular flexibility index (Phi) is 4.21. The molecule has 1 aromatic heterocycles. The molecule has 1 aliphatic carbocycles. The lowest BCUT2D eigenvalue weighted by Gasteiger charge is -2.20. The highest BCUT2D eigenvalue weighted by atomic mass is 32.1. The number of thiophene rings is 1. The predicted octanol–water partition coefficient (Wildman–Crippen LogP) is 3.62. The summed E-state index contributed by atoms with van der Waals surface area (Å²) in [6, 6.07) is 4.20. The Morgan fingerprint density at radius 2 is 2.00 bits per heavy atom. The van der Waals surface area contributed by atoms with E-state index in [2.05, 4.69) is 17.5 Å². The molecule has 1 N–H and O–H groups in total. The first-order valence-electron chi connectivity index (χ1n) is 6.06. The van der Waals surface area contributed by atoms with Gasteiger partial charge in [0.25, 0.3) is 0 Å². The van der Waals surface area contributed by atoms with Gasteiger partial charge < -0.3 is 5.11 Å². The van der Waals surface area contributed by atoms with Gasteiger partial charge in [-0.3, -0.25) is 0 Å². The maximum Gasteiger partial charge on any atom is 0.0616 e. The molecule has 1 unspecified atom stereocenters. The van der Waals surface area contributed by atoms with Crippen molar-refractivity contribution < 1.29 is 5.11 Å². The van der Waals surface area contributed by atoms with Gasteiger partial charge in [0.15, 0.2) is 0 Å². The summed E-state index contributed by atoms with van der Waals surface area (Å²) in [5.74, 6) is 0.551. The van der Waals surface area contributed by atoms with E-state index in [1.165, 1.54) is 43.4 Å². The van der Waals surface area contributed by atoms with Crippen LogP contribution in [0.4, 0.5) is 0 Å². The average Bonchev–Trinajstić information content (AvgIpc) is 2.58. The molecule has 84 valence electrons. The second-order valence-electron chi connectivity index (χ2n) is 4.60. The summed E-state index contributed by atoms with van der Waals surface area (Å²) < 4.78 is 0. The molecule has 1 nitrogen and oxygen atoms in total. The first-order chi connectivity index (χ1) is 7.36. The minimum atomic E-state index is -0.109. The van der Waals surface area contributed by atoms with Crippen LogP contribution in [-0.2, 0) is 6.42 Å². The van der Waals surface area contributed by atoms with Crippen LogP contribution in [0.1, 0.15) is 43.4 Å². The summed E-state index contributed by atoms with van der Waals surface area (Å²) in [6.45, 7) is 0. The molecule has 0 bridgehead atoms. The average molecular weight is 224 g/mol. The maximum absolute atomic E-state index is 10.2. The van der Waals surface area contributed by atoms with E-state index in [9.17, 15) is 5.11 Å². The highest BCUT2D eigenvalue weighted by Crippen LogP contribution is 2.27. The van der Waals surface area contributed by atoms with E-state index in [1.54, 1.807) is 11.3 Å². The van der Waals surface area contributed by atoms with Crippen molar-refractivity contribution in [3.8, 4) is 0 Å². The first kappa shape index (κ1) is 11.2. The molecule has 2 rings (SSSR count). The summed E-state index contributed by atoms with van der Waals surface area (Å²) in [5.41, 5.74) is 0. The van der Waals surface area contributed by atoms with Gasteiger partial charge in [0.1, 0.15) is 0 Å². The zero-order chi connectivity index (χ0) is 10.5. The Labute approximate surface area is 96.1 Å². The van der Waals surface area contributed by atoms with Crippen molar-refractivity contribution in [2.24, 2.45) is 5.92 Å². The van der Waals surface area contributed by atoms with Gasteiger partial charge in [0.2, 0.25) is 0 Å². The van der Waals surface area contributed by atoms with Gasteiger partial charge in [-0.05, 0) is 30.2 Å². The fraction of sp³-hybridized carbons (Fsp3) is 0.692. The summed E-state index contributed by atoms with van der Waals surface area (Å²) in [4.78, 5) is 1.33. The molecular weight excluding hydrogens is 204 g/mol. The molecule has 0 aliphatic heterocycles. The van der Waals surface area contributed by atoms with Crippen LogP contribution < -0.4 is 0 Å². The fourth-order valence-corrected chi connectivity index (χ4v) is 3.25. The zero-order valence-corrected chi connectivity index (χ0v) is 10.0. The topological polar surface area (TPSA) is 20.2 Å². The normalized spacial score (nSPS) is 21.1. The van der Waals surface area contributed by atoms with Crippen molar-refractivity contribution in [1.82, 2.24) is 0 Å². The predicted molar refractivity (Wildman–Crippen MR) is 65.2 cm³/mol.